The molecule has 0 N–H and O–H groups in total. The molecule has 1 saturated heterocycles. The van der Waals surface area contributed by atoms with Gasteiger partial charge in [0.25, 0.3) is 0 Å². The lowest BCUT2D eigenvalue weighted by Crippen LogP contribution is -2.36. The van der Waals surface area contributed by atoms with E-state index in [9.17, 15) is 0 Å². The van der Waals surface area contributed by atoms with Crippen LogP contribution in [0.4, 0.5) is 0 Å². The van der Waals surface area contributed by atoms with Crippen molar-refractivity contribution in [3.63, 3.8) is 0 Å². The molecule has 0 saturated carbocycles. The van der Waals surface area contributed by atoms with Gasteiger partial charge in [-0.2, -0.15) is 0 Å². The summed E-state index contributed by atoms with van der Waals surface area (Å²) in [6.45, 7) is 14.2. The number of nitrogens with zero attached hydrogens (tertiary/aromatic N) is 1. The van der Waals surface area contributed by atoms with Crippen LogP contribution in [-0.2, 0) is 0 Å². The van der Waals surface area contributed by atoms with Crippen LogP contribution in [0.2, 0.25) is 0 Å². The third kappa shape index (κ3) is 0.953. The van der Waals surface area contributed by atoms with Crippen LogP contribution in [-0.4, -0.2) is 24.0 Å². The van der Waals surface area contributed by atoms with E-state index < -0.39 is 0 Å². The summed E-state index contributed by atoms with van der Waals surface area (Å²) in [6, 6.07) is 1.37. The maximum Gasteiger partial charge on any atom is 0.0124 e. The maximum atomic E-state index is 2.50. The van der Waals surface area contributed by atoms with E-state index in [1.807, 2.05) is 0 Å². The highest BCUT2D eigenvalue weighted by molar-refractivity contribution is 5.06. The molecule has 0 aromatic rings. The van der Waals surface area contributed by atoms with Crippen molar-refractivity contribution in [2.75, 3.05) is 7.05 Å². The monoisotopic (exact) mass is 169 g/mol. The molecule has 1 heterocycles. The minimum absolute atomic E-state index is 0.418. The van der Waals surface area contributed by atoms with E-state index in [0.717, 1.165) is 0 Å². The lowest BCUT2D eigenvalue weighted by atomic mass is 9.65. The molecule has 0 amide bonds. The van der Waals surface area contributed by atoms with Gasteiger partial charge in [-0.05, 0) is 31.7 Å². The molecule has 0 aliphatic carbocycles. The van der Waals surface area contributed by atoms with Gasteiger partial charge >= 0.3 is 0 Å². The van der Waals surface area contributed by atoms with Crippen LogP contribution >= 0.6 is 0 Å². The van der Waals surface area contributed by atoms with Crippen LogP contribution in [0.5, 0.6) is 0 Å². The Morgan fingerprint density at radius 2 is 1.08 bits per heavy atom. The first-order valence-electron chi connectivity index (χ1n) is 4.95. The molecule has 1 heteroatoms. The van der Waals surface area contributed by atoms with Gasteiger partial charge in [-0.3, -0.25) is 4.90 Å². The fraction of sp³-hybridized carbons (Fsp3) is 1.00. The molecule has 0 bridgehead atoms. The van der Waals surface area contributed by atoms with Crippen LogP contribution in [0.15, 0.2) is 0 Å². The molecule has 12 heavy (non-hydrogen) atoms. The zero-order chi connectivity index (χ0) is 9.73. The Bertz CT molecular complexity index is 161. The molecule has 0 radical (unpaired) electrons. The normalized spacial score (nSPS) is 40.2. The molecule has 1 aliphatic rings. The second-order valence-electron chi connectivity index (χ2n) is 5.46. The first-order valence-corrected chi connectivity index (χ1v) is 4.95. The average Bonchev–Trinajstić information content (AvgIpc) is 2.05. The summed E-state index contributed by atoms with van der Waals surface area (Å²) in [7, 11) is 2.24. The molecule has 0 aromatic heterocycles. The Morgan fingerprint density at radius 1 is 0.833 bits per heavy atom. The second-order valence-corrected chi connectivity index (χ2v) is 5.46. The van der Waals surface area contributed by atoms with Crippen molar-refractivity contribution in [3.05, 3.63) is 0 Å². The Balaban J connectivity index is 3.06. The van der Waals surface area contributed by atoms with Crippen molar-refractivity contribution >= 4 is 0 Å². The number of hydrogen-bond acceptors (Lipinski definition) is 1. The number of likely N-dealkylation sites (tertiary alicyclic amines) is 1. The summed E-state index contributed by atoms with van der Waals surface area (Å²) in [4.78, 5) is 2.50. The Labute approximate surface area is 77.1 Å². The average molecular weight is 169 g/mol. The molecule has 2 atom stereocenters. The molecule has 1 aliphatic heterocycles. The van der Waals surface area contributed by atoms with E-state index >= 15 is 0 Å². The first kappa shape index (κ1) is 10.0. The number of hydrogen-bond donors (Lipinski definition) is 0. The molecule has 0 aromatic carbocycles. The van der Waals surface area contributed by atoms with Gasteiger partial charge in [0.1, 0.15) is 0 Å². The standard InChI is InChI=1S/C11H23N/c1-8-10(3,4)11(5,6)9(2)12(8)7/h8-9H,1-7H3. The fourth-order valence-electron chi connectivity index (χ4n) is 2.43. The molecular weight excluding hydrogens is 146 g/mol. The summed E-state index contributed by atoms with van der Waals surface area (Å²) in [5.41, 5.74) is 0.836. The third-order valence-electron chi connectivity index (χ3n) is 4.97. The van der Waals surface area contributed by atoms with E-state index in [1.54, 1.807) is 0 Å². The van der Waals surface area contributed by atoms with Gasteiger partial charge in [-0.25, -0.2) is 0 Å². The summed E-state index contributed by atoms with van der Waals surface area (Å²) in [5, 5.41) is 0. The summed E-state index contributed by atoms with van der Waals surface area (Å²) < 4.78 is 0. The van der Waals surface area contributed by atoms with Crippen molar-refractivity contribution in [1.82, 2.24) is 4.90 Å². The molecule has 2 unspecified atom stereocenters. The molecule has 0 spiro atoms. The van der Waals surface area contributed by atoms with Gasteiger partial charge in [0.2, 0.25) is 0 Å². The summed E-state index contributed by atoms with van der Waals surface area (Å²) in [6.07, 6.45) is 0. The minimum Gasteiger partial charge on any atom is -0.300 e. The second kappa shape index (κ2) is 2.47. The van der Waals surface area contributed by atoms with E-state index in [0.29, 0.717) is 22.9 Å². The third-order valence-corrected chi connectivity index (χ3v) is 4.97. The first-order chi connectivity index (χ1) is 5.23. The van der Waals surface area contributed by atoms with Gasteiger partial charge in [-0.1, -0.05) is 27.7 Å². The Morgan fingerprint density at radius 3 is 1.17 bits per heavy atom. The Kier molecular flexibility index (Phi) is 2.07. The molecule has 1 rings (SSSR count). The van der Waals surface area contributed by atoms with Crippen LogP contribution in [0.25, 0.3) is 0 Å². The zero-order valence-electron chi connectivity index (χ0n) is 9.60. The van der Waals surface area contributed by atoms with Crippen molar-refractivity contribution in [2.24, 2.45) is 10.8 Å². The SMILES string of the molecule is CC1N(C)C(C)C(C)(C)C1(C)C. The zero-order valence-corrected chi connectivity index (χ0v) is 9.60. The summed E-state index contributed by atoms with van der Waals surface area (Å²) >= 11 is 0. The molecule has 1 fully saturated rings. The van der Waals surface area contributed by atoms with Crippen LogP contribution in [0, 0.1) is 10.8 Å². The maximum absolute atomic E-state index is 2.50. The van der Waals surface area contributed by atoms with Crippen molar-refractivity contribution in [1.29, 1.82) is 0 Å². The highest BCUT2D eigenvalue weighted by atomic mass is 15.2. The van der Waals surface area contributed by atoms with Crippen LogP contribution in [0.3, 0.4) is 0 Å². The highest BCUT2D eigenvalue weighted by Gasteiger charge is 2.53. The van der Waals surface area contributed by atoms with Gasteiger partial charge in [-0.15, -0.1) is 0 Å². The van der Waals surface area contributed by atoms with Gasteiger partial charge < -0.3 is 0 Å². The smallest absolute Gasteiger partial charge is 0.0124 e. The van der Waals surface area contributed by atoms with E-state index in [4.69, 9.17) is 0 Å². The Hall–Kier alpha value is -0.0400. The minimum atomic E-state index is 0.418. The molecule has 72 valence electrons. The van der Waals surface area contributed by atoms with E-state index in [2.05, 4.69) is 53.5 Å². The van der Waals surface area contributed by atoms with Gasteiger partial charge in [0, 0.05) is 12.1 Å². The van der Waals surface area contributed by atoms with E-state index in [1.165, 1.54) is 0 Å². The van der Waals surface area contributed by atoms with Gasteiger partial charge in [0.05, 0.1) is 0 Å². The van der Waals surface area contributed by atoms with Crippen LogP contribution < -0.4 is 0 Å². The van der Waals surface area contributed by atoms with Crippen molar-refractivity contribution in [3.8, 4) is 0 Å². The van der Waals surface area contributed by atoms with E-state index in [-0.39, 0.29) is 0 Å². The van der Waals surface area contributed by atoms with Crippen LogP contribution in [0.1, 0.15) is 41.5 Å². The lowest BCUT2D eigenvalue weighted by Gasteiger charge is -2.38. The predicted octanol–water partition coefficient (Wildman–Crippen LogP) is 2.76. The quantitative estimate of drug-likeness (QED) is 0.539. The largest absolute Gasteiger partial charge is 0.300 e. The lowest BCUT2D eigenvalue weighted by molar-refractivity contribution is 0.132. The molecular formula is C11H23N. The number of rotatable bonds is 0. The topological polar surface area (TPSA) is 3.24 Å². The van der Waals surface area contributed by atoms with Gasteiger partial charge in [0.15, 0.2) is 0 Å². The predicted molar refractivity (Wildman–Crippen MR) is 54.2 cm³/mol. The van der Waals surface area contributed by atoms with Crippen molar-refractivity contribution in [2.45, 2.75) is 53.6 Å². The highest BCUT2D eigenvalue weighted by Crippen LogP contribution is 2.52. The van der Waals surface area contributed by atoms with Crippen molar-refractivity contribution < 1.29 is 0 Å². The fourth-order valence-corrected chi connectivity index (χ4v) is 2.43. The molecule has 1 nitrogen and oxygen atoms in total. The summed E-state index contributed by atoms with van der Waals surface area (Å²) in [5.74, 6) is 0.